The Balaban J connectivity index is 2.05. The summed E-state index contributed by atoms with van der Waals surface area (Å²) in [7, 11) is 1.60. The van der Waals surface area contributed by atoms with Gasteiger partial charge >= 0.3 is 0 Å². The zero-order valence-corrected chi connectivity index (χ0v) is 13.3. The topological polar surface area (TPSA) is 62.2 Å². The van der Waals surface area contributed by atoms with Crippen LogP contribution in [0.3, 0.4) is 0 Å². The summed E-state index contributed by atoms with van der Waals surface area (Å²) < 4.78 is 6.23. The number of carbonyl (C=O) groups is 1. The van der Waals surface area contributed by atoms with E-state index in [2.05, 4.69) is 4.98 Å². The minimum atomic E-state index is -1.13. The Morgan fingerprint density at radius 2 is 2.09 bits per heavy atom. The van der Waals surface area contributed by atoms with E-state index < -0.39 is 5.97 Å². The maximum Gasteiger partial charge on any atom is 0.120 e. The van der Waals surface area contributed by atoms with Crippen molar-refractivity contribution in [2.75, 3.05) is 7.11 Å². The fourth-order valence-corrected chi connectivity index (χ4v) is 3.27. The highest BCUT2D eigenvalue weighted by Gasteiger charge is 2.10. The van der Waals surface area contributed by atoms with E-state index in [4.69, 9.17) is 4.74 Å². The minimum absolute atomic E-state index is 0.184. The predicted octanol–water partition coefficient (Wildman–Crippen LogP) is 2.99. The van der Waals surface area contributed by atoms with E-state index in [-0.39, 0.29) is 6.42 Å². The lowest BCUT2D eigenvalue weighted by molar-refractivity contribution is -0.304. The molecule has 0 bridgehead atoms. The van der Waals surface area contributed by atoms with Crippen molar-refractivity contribution in [3.63, 3.8) is 0 Å². The van der Waals surface area contributed by atoms with Gasteiger partial charge in [-0.1, -0.05) is 24.3 Å². The average Bonchev–Trinajstić information content (AvgIpc) is 2.98. The summed E-state index contributed by atoms with van der Waals surface area (Å²) in [5.41, 5.74) is 2.35. The number of hydrogen-bond acceptors (Lipinski definition) is 5. The molecule has 0 aliphatic rings. The van der Waals surface area contributed by atoms with Crippen LogP contribution >= 0.6 is 11.3 Å². The van der Waals surface area contributed by atoms with Crippen LogP contribution in [0, 0.1) is 0 Å². The number of ether oxygens (including phenoxy) is 1. The van der Waals surface area contributed by atoms with Gasteiger partial charge in [0.1, 0.15) is 10.8 Å². The summed E-state index contributed by atoms with van der Waals surface area (Å²) in [6, 6.07) is 15.2. The fourth-order valence-electron chi connectivity index (χ4n) is 2.29. The first-order valence-corrected chi connectivity index (χ1v) is 7.88. The smallest absolute Gasteiger partial charge is 0.120 e. The number of hydrogen-bond donors (Lipinski definition) is 0. The Hall–Kier alpha value is -2.66. The van der Waals surface area contributed by atoms with Crippen molar-refractivity contribution in [3.05, 3.63) is 59.1 Å². The van der Waals surface area contributed by atoms with E-state index in [1.165, 1.54) is 11.3 Å². The first kappa shape index (κ1) is 15.2. The number of rotatable bonds is 5. The van der Waals surface area contributed by atoms with Crippen LogP contribution in [0.15, 0.2) is 48.5 Å². The molecule has 3 aromatic rings. The Kier molecular flexibility index (Phi) is 4.39. The van der Waals surface area contributed by atoms with Crippen LogP contribution in [-0.4, -0.2) is 18.1 Å². The highest BCUT2D eigenvalue weighted by Crippen LogP contribution is 2.30. The van der Waals surface area contributed by atoms with Gasteiger partial charge in [-0.15, -0.1) is 11.3 Å². The van der Waals surface area contributed by atoms with Crippen molar-refractivity contribution in [1.29, 1.82) is 0 Å². The number of benzene rings is 2. The van der Waals surface area contributed by atoms with Crippen LogP contribution < -0.4 is 9.84 Å². The Morgan fingerprint density at radius 3 is 2.83 bits per heavy atom. The largest absolute Gasteiger partial charge is 0.550 e. The second kappa shape index (κ2) is 6.62. The van der Waals surface area contributed by atoms with E-state index in [0.29, 0.717) is 10.6 Å². The van der Waals surface area contributed by atoms with E-state index in [1.807, 2.05) is 54.6 Å². The molecule has 4 nitrogen and oxygen atoms in total. The highest BCUT2D eigenvalue weighted by atomic mass is 32.1. The predicted molar refractivity (Wildman–Crippen MR) is 90.1 cm³/mol. The number of para-hydroxylation sites is 1. The van der Waals surface area contributed by atoms with Crippen LogP contribution in [0.1, 0.15) is 17.0 Å². The van der Waals surface area contributed by atoms with Gasteiger partial charge in [0.25, 0.3) is 0 Å². The maximum absolute atomic E-state index is 11.1. The molecule has 0 radical (unpaired) electrons. The molecule has 0 aliphatic heterocycles. The Morgan fingerprint density at radius 1 is 1.26 bits per heavy atom. The average molecular weight is 324 g/mol. The number of aromatic nitrogens is 1. The SMILES string of the molecule is COc1cccc(/C=C(/CC(=O)[O-])c2nc3ccccc3s2)c1. The summed E-state index contributed by atoms with van der Waals surface area (Å²) in [5, 5.41) is 11.8. The van der Waals surface area contributed by atoms with E-state index in [9.17, 15) is 9.90 Å². The molecule has 1 aromatic heterocycles. The first-order chi connectivity index (χ1) is 11.2. The molecule has 0 fully saturated rings. The summed E-state index contributed by atoms with van der Waals surface area (Å²) in [5.74, 6) is -0.408. The molecule has 2 aromatic carbocycles. The second-order valence-electron chi connectivity index (χ2n) is 4.98. The second-order valence-corrected chi connectivity index (χ2v) is 6.01. The minimum Gasteiger partial charge on any atom is -0.550 e. The third-order valence-corrected chi connectivity index (χ3v) is 4.45. The Bertz CT molecular complexity index is 850. The quantitative estimate of drug-likeness (QED) is 0.724. The van der Waals surface area contributed by atoms with Crippen LogP contribution in [-0.2, 0) is 4.79 Å². The van der Waals surface area contributed by atoms with Crippen molar-refractivity contribution < 1.29 is 14.6 Å². The van der Waals surface area contributed by atoms with E-state index in [1.54, 1.807) is 7.11 Å². The summed E-state index contributed by atoms with van der Waals surface area (Å²) in [6.45, 7) is 0. The molecule has 0 amide bonds. The van der Waals surface area contributed by atoms with Crippen LogP contribution in [0.4, 0.5) is 0 Å². The zero-order chi connectivity index (χ0) is 16.2. The lowest BCUT2D eigenvalue weighted by atomic mass is 10.1. The molecule has 116 valence electrons. The van der Waals surface area contributed by atoms with Gasteiger partial charge in [0.15, 0.2) is 0 Å². The number of aliphatic carboxylic acids is 1. The molecule has 3 rings (SSSR count). The molecule has 5 heteroatoms. The monoisotopic (exact) mass is 324 g/mol. The molecular formula is C18H14NO3S-. The highest BCUT2D eigenvalue weighted by molar-refractivity contribution is 7.19. The van der Waals surface area contributed by atoms with E-state index >= 15 is 0 Å². The van der Waals surface area contributed by atoms with Gasteiger partial charge in [-0.25, -0.2) is 4.98 Å². The fraction of sp³-hybridized carbons (Fsp3) is 0.111. The van der Waals surface area contributed by atoms with Crippen LogP contribution in [0.25, 0.3) is 21.9 Å². The van der Waals surface area contributed by atoms with Gasteiger partial charge in [0, 0.05) is 12.4 Å². The van der Waals surface area contributed by atoms with E-state index in [0.717, 1.165) is 21.5 Å². The number of fused-ring (bicyclic) bond motifs is 1. The zero-order valence-electron chi connectivity index (χ0n) is 12.5. The third kappa shape index (κ3) is 3.57. The number of carboxylic acids is 1. The third-order valence-electron chi connectivity index (χ3n) is 3.34. The molecular weight excluding hydrogens is 310 g/mol. The summed E-state index contributed by atoms with van der Waals surface area (Å²) >= 11 is 1.47. The number of carboxylic acid groups (broad SMARTS) is 1. The van der Waals surface area contributed by atoms with Crippen molar-refractivity contribution in [3.8, 4) is 5.75 Å². The number of nitrogens with zero attached hydrogens (tertiary/aromatic N) is 1. The molecule has 0 saturated heterocycles. The number of methoxy groups -OCH3 is 1. The standard InChI is InChI=1S/C18H15NO3S/c1-22-14-6-4-5-12(10-14)9-13(11-17(20)21)18-19-15-7-2-3-8-16(15)23-18/h2-10H,11H2,1H3,(H,20,21)/p-1/b13-9-. The number of thiazole rings is 1. The van der Waals surface area contributed by atoms with Crippen molar-refractivity contribution in [2.45, 2.75) is 6.42 Å². The van der Waals surface area contributed by atoms with Gasteiger partial charge in [0.2, 0.25) is 0 Å². The lowest BCUT2D eigenvalue weighted by Crippen LogP contribution is -2.22. The van der Waals surface area contributed by atoms with Gasteiger partial charge < -0.3 is 14.6 Å². The van der Waals surface area contributed by atoms with Gasteiger partial charge in [-0.05, 0) is 41.5 Å². The summed E-state index contributed by atoms with van der Waals surface area (Å²) in [6.07, 6.45) is 1.63. The molecule has 0 atom stereocenters. The Labute approximate surface area is 137 Å². The normalized spacial score (nSPS) is 11.6. The number of carbonyl (C=O) groups excluding carboxylic acids is 1. The van der Waals surface area contributed by atoms with Gasteiger partial charge in [0.05, 0.1) is 17.3 Å². The van der Waals surface area contributed by atoms with Crippen molar-refractivity contribution >= 4 is 39.2 Å². The molecule has 0 aliphatic carbocycles. The molecule has 0 saturated carbocycles. The molecule has 23 heavy (non-hydrogen) atoms. The van der Waals surface area contributed by atoms with Crippen LogP contribution in [0.5, 0.6) is 5.75 Å². The van der Waals surface area contributed by atoms with Crippen molar-refractivity contribution in [2.24, 2.45) is 0 Å². The van der Waals surface area contributed by atoms with Gasteiger partial charge in [-0.3, -0.25) is 0 Å². The van der Waals surface area contributed by atoms with Crippen LogP contribution in [0.2, 0.25) is 0 Å². The molecule has 0 N–H and O–H groups in total. The molecule has 0 spiro atoms. The molecule has 0 unspecified atom stereocenters. The summed E-state index contributed by atoms with van der Waals surface area (Å²) in [4.78, 5) is 15.6. The maximum atomic E-state index is 11.1. The van der Waals surface area contributed by atoms with Gasteiger partial charge in [-0.2, -0.15) is 0 Å². The molecule has 1 heterocycles. The van der Waals surface area contributed by atoms with Crippen molar-refractivity contribution in [1.82, 2.24) is 4.98 Å². The first-order valence-electron chi connectivity index (χ1n) is 7.06. The lowest BCUT2D eigenvalue weighted by Gasteiger charge is -2.06.